The average Bonchev–Trinajstić information content (AvgIpc) is 3.14. The Hall–Kier alpha value is -4.46. The fourth-order valence-corrected chi connectivity index (χ4v) is 4.72. The molecule has 5 rings (SSSR count). The summed E-state index contributed by atoms with van der Waals surface area (Å²) in [5, 5.41) is 0. The zero-order valence-electron chi connectivity index (χ0n) is 19.9. The van der Waals surface area contributed by atoms with Gasteiger partial charge in [0.25, 0.3) is 0 Å². The van der Waals surface area contributed by atoms with Crippen molar-refractivity contribution in [2.24, 2.45) is 0 Å². The average molecular weight is 480 g/mol. The standard InChI is InChI=1S/C28H25N5O3/c1-32(18-21-7-8-23-24(15-21)31-14-13-30-23)25(34)16-28(22-5-3-2-4-6-22)17-26(35)33(27(28)36)19-20-9-11-29-12-10-20/h2-15H,16-19H2,1H3/t28-/m0/s1. The number of imide groups is 1. The van der Waals surface area contributed by atoms with Crippen LogP contribution in [0.3, 0.4) is 0 Å². The highest BCUT2D eigenvalue weighted by atomic mass is 16.2. The van der Waals surface area contributed by atoms with Gasteiger partial charge in [0.1, 0.15) is 0 Å². The molecule has 0 N–H and O–H groups in total. The van der Waals surface area contributed by atoms with Gasteiger partial charge in [0.2, 0.25) is 17.7 Å². The molecule has 1 fully saturated rings. The Morgan fingerprint density at radius 3 is 2.39 bits per heavy atom. The van der Waals surface area contributed by atoms with E-state index in [0.717, 1.165) is 22.2 Å². The number of pyridine rings is 1. The molecule has 4 aromatic rings. The summed E-state index contributed by atoms with van der Waals surface area (Å²) < 4.78 is 0. The largest absolute Gasteiger partial charge is 0.341 e. The first-order chi connectivity index (χ1) is 17.5. The Kier molecular flexibility index (Phi) is 6.25. The van der Waals surface area contributed by atoms with Crippen LogP contribution in [0.5, 0.6) is 0 Å². The molecule has 3 heterocycles. The van der Waals surface area contributed by atoms with Crippen LogP contribution in [0.2, 0.25) is 0 Å². The molecular weight excluding hydrogens is 454 g/mol. The van der Waals surface area contributed by atoms with Gasteiger partial charge < -0.3 is 4.90 Å². The van der Waals surface area contributed by atoms with E-state index in [-0.39, 0.29) is 37.1 Å². The van der Waals surface area contributed by atoms with Gasteiger partial charge in [-0.25, -0.2) is 0 Å². The second-order valence-electron chi connectivity index (χ2n) is 9.07. The van der Waals surface area contributed by atoms with Crippen molar-refractivity contribution in [3.63, 3.8) is 0 Å². The van der Waals surface area contributed by atoms with E-state index in [1.807, 2.05) is 48.5 Å². The van der Waals surface area contributed by atoms with Crippen LogP contribution < -0.4 is 0 Å². The van der Waals surface area contributed by atoms with Crippen LogP contribution in [0.4, 0.5) is 0 Å². The molecule has 0 unspecified atom stereocenters. The highest BCUT2D eigenvalue weighted by molar-refractivity contribution is 6.10. The second-order valence-corrected chi connectivity index (χ2v) is 9.07. The second kappa shape index (κ2) is 9.65. The number of hydrogen-bond acceptors (Lipinski definition) is 6. The van der Waals surface area contributed by atoms with E-state index < -0.39 is 5.41 Å². The van der Waals surface area contributed by atoms with E-state index in [1.165, 1.54) is 4.90 Å². The number of amides is 3. The Morgan fingerprint density at radius 2 is 1.64 bits per heavy atom. The minimum atomic E-state index is -1.24. The van der Waals surface area contributed by atoms with Gasteiger partial charge >= 0.3 is 0 Å². The maximum absolute atomic E-state index is 13.8. The molecular formula is C28H25N5O3. The van der Waals surface area contributed by atoms with E-state index in [2.05, 4.69) is 15.0 Å². The Balaban J connectivity index is 1.40. The van der Waals surface area contributed by atoms with Gasteiger partial charge in [-0.2, -0.15) is 0 Å². The van der Waals surface area contributed by atoms with Gasteiger partial charge in [0.15, 0.2) is 0 Å². The van der Waals surface area contributed by atoms with Gasteiger partial charge in [0, 0.05) is 51.2 Å². The number of carbonyl (C=O) groups is 3. The molecule has 1 saturated heterocycles. The Bertz CT molecular complexity index is 1430. The van der Waals surface area contributed by atoms with Gasteiger partial charge in [-0.05, 0) is 41.0 Å². The molecule has 0 spiro atoms. The van der Waals surface area contributed by atoms with Crippen molar-refractivity contribution in [1.29, 1.82) is 0 Å². The molecule has 0 bridgehead atoms. The fourth-order valence-electron chi connectivity index (χ4n) is 4.72. The Morgan fingerprint density at radius 1 is 0.917 bits per heavy atom. The lowest BCUT2D eigenvalue weighted by Gasteiger charge is -2.29. The number of benzene rings is 2. The van der Waals surface area contributed by atoms with E-state index >= 15 is 0 Å². The van der Waals surface area contributed by atoms with Crippen molar-refractivity contribution in [1.82, 2.24) is 24.8 Å². The summed E-state index contributed by atoms with van der Waals surface area (Å²) in [4.78, 5) is 55.8. The van der Waals surface area contributed by atoms with Crippen molar-refractivity contribution >= 4 is 28.8 Å². The SMILES string of the molecule is CN(Cc1ccc2nccnc2c1)C(=O)C[C@@]1(c2ccccc2)CC(=O)N(Cc2ccncc2)C1=O. The van der Waals surface area contributed by atoms with Crippen LogP contribution in [-0.4, -0.2) is 49.5 Å². The fraction of sp³-hybridized carbons (Fsp3) is 0.214. The number of rotatable bonds is 7. The zero-order valence-corrected chi connectivity index (χ0v) is 19.9. The predicted molar refractivity (Wildman–Crippen MR) is 133 cm³/mol. The first-order valence-electron chi connectivity index (χ1n) is 11.7. The van der Waals surface area contributed by atoms with Gasteiger partial charge in [0.05, 0.1) is 23.0 Å². The van der Waals surface area contributed by atoms with Gasteiger partial charge in [-0.15, -0.1) is 0 Å². The molecule has 1 aliphatic heterocycles. The molecule has 1 aliphatic rings. The number of nitrogens with zero attached hydrogens (tertiary/aromatic N) is 5. The number of aromatic nitrogens is 3. The maximum Gasteiger partial charge on any atom is 0.241 e. The highest BCUT2D eigenvalue weighted by Crippen LogP contribution is 2.41. The quantitative estimate of drug-likeness (QED) is 0.378. The van der Waals surface area contributed by atoms with Gasteiger partial charge in [-0.3, -0.25) is 34.2 Å². The molecule has 0 aliphatic carbocycles. The number of carbonyl (C=O) groups excluding carboxylic acids is 3. The lowest BCUT2D eigenvalue weighted by atomic mass is 9.75. The summed E-state index contributed by atoms with van der Waals surface area (Å²) in [5.74, 6) is -0.854. The molecule has 3 amide bonds. The van der Waals surface area contributed by atoms with Crippen molar-refractivity contribution in [3.05, 3.63) is 102 Å². The van der Waals surface area contributed by atoms with Crippen molar-refractivity contribution < 1.29 is 14.4 Å². The van der Waals surface area contributed by atoms with Crippen LogP contribution >= 0.6 is 0 Å². The van der Waals surface area contributed by atoms with Crippen molar-refractivity contribution in [2.45, 2.75) is 31.3 Å². The first-order valence-corrected chi connectivity index (χ1v) is 11.7. The third kappa shape index (κ3) is 4.45. The third-order valence-corrected chi connectivity index (χ3v) is 6.66. The molecule has 2 aromatic carbocycles. The van der Waals surface area contributed by atoms with Gasteiger partial charge in [-0.1, -0.05) is 36.4 Å². The van der Waals surface area contributed by atoms with Crippen molar-refractivity contribution in [2.75, 3.05) is 7.05 Å². The predicted octanol–water partition coefficient (Wildman–Crippen LogP) is 3.27. The number of fused-ring (bicyclic) bond motifs is 1. The smallest absolute Gasteiger partial charge is 0.241 e. The lowest BCUT2D eigenvalue weighted by molar-refractivity contribution is -0.143. The minimum Gasteiger partial charge on any atom is -0.341 e. The molecule has 180 valence electrons. The normalized spacial score (nSPS) is 17.5. The van der Waals surface area contributed by atoms with Crippen LogP contribution in [0, 0.1) is 0 Å². The summed E-state index contributed by atoms with van der Waals surface area (Å²) in [7, 11) is 1.71. The van der Waals surface area contributed by atoms with Crippen LogP contribution in [0.1, 0.15) is 29.5 Å². The highest BCUT2D eigenvalue weighted by Gasteiger charge is 2.53. The van der Waals surface area contributed by atoms with Crippen LogP contribution in [0.15, 0.2) is 85.5 Å². The molecule has 0 radical (unpaired) electrons. The molecule has 2 aromatic heterocycles. The van der Waals surface area contributed by atoms with E-state index in [4.69, 9.17) is 0 Å². The monoisotopic (exact) mass is 479 g/mol. The first kappa shape index (κ1) is 23.3. The maximum atomic E-state index is 13.8. The summed E-state index contributed by atoms with van der Waals surface area (Å²) >= 11 is 0. The summed E-state index contributed by atoms with van der Waals surface area (Å²) in [6, 6.07) is 18.4. The van der Waals surface area contributed by atoms with E-state index in [0.29, 0.717) is 12.1 Å². The Labute approximate surface area is 208 Å². The molecule has 36 heavy (non-hydrogen) atoms. The minimum absolute atomic E-state index is 0.0495. The molecule has 1 atom stereocenters. The topological polar surface area (TPSA) is 96.4 Å². The number of likely N-dealkylation sites (tertiary alicyclic amines) is 1. The molecule has 8 nitrogen and oxygen atoms in total. The zero-order chi connectivity index (χ0) is 25.1. The van der Waals surface area contributed by atoms with E-state index in [9.17, 15) is 14.4 Å². The number of hydrogen-bond donors (Lipinski definition) is 0. The summed E-state index contributed by atoms with van der Waals surface area (Å²) in [6.07, 6.45) is 6.37. The lowest BCUT2D eigenvalue weighted by Crippen LogP contribution is -2.42. The molecule has 0 saturated carbocycles. The summed E-state index contributed by atoms with van der Waals surface area (Å²) in [5.41, 5.74) is 2.66. The van der Waals surface area contributed by atoms with Crippen molar-refractivity contribution in [3.8, 4) is 0 Å². The summed E-state index contributed by atoms with van der Waals surface area (Å²) in [6.45, 7) is 0.496. The van der Waals surface area contributed by atoms with E-state index in [1.54, 1.807) is 48.9 Å². The third-order valence-electron chi connectivity index (χ3n) is 6.66. The van der Waals surface area contributed by atoms with Crippen LogP contribution in [-0.2, 0) is 32.9 Å². The van der Waals surface area contributed by atoms with Crippen LogP contribution in [0.25, 0.3) is 11.0 Å². The molecule has 8 heteroatoms.